The Bertz CT molecular complexity index is 986. The first-order valence-electron chi connectivity index (χ1n) is 8.84. The lowest BCUT2D eigenvalue weighted by molar-refractivity contribution is 0.222. The molecule has 3 rings (SSSR count). The number of rotatable bonds is 7. The Kier molecular flexibility index (Phi) is 6.77. The average molecular weight is 442 g/mol. The smallest absolute Gasteiger partial charge is 0.244 e. The van der Waals surface area contributed by atoms with Gasteiger partial charge in [-0.15, -0.1) is 11.8 Å². The minimum atomic E-state index is -3.54. The largest absolute Gasteiger partial charge is 0.304 e. The molecule has 0 N–H and O–H groups in total. The molecule has 0 atom stereocenters. The zero-order chi connectivity index (χ0) is 20.2. The maximum Gasteiger partial charge on any atom is 0.244 e. The Morgan fingerprint density at radius 1 is 0.929 bits per heavy atom. The lowest BCUT2D eigenvalue weighted by Gasteiger charge is -2.31. The fourth-order valence-corrected chi connectivity index (χ4v) is 6.67. The second-order valence-corrected chi connectivity index (χ2v) is 11.7. The summed E-state index contributed by atoms with van der Waals surface area (Å²) in [7, 11) is -4.91. The first-order chi connectivity index (χ1) is 13.3. The van der Waals surface area contributed by atoms with Crippen LogP contribution in [0.4, 0.5) is 0 Å². The zero-order valence-corrected chi connectivity index (χ0v) is 18.0. The standard InChI is InChI=1S/C18H23N3O4S3/c1-20-9-11-21(12-10-20)28(24,25)17-7-8-18(19-15-17)26-13-14-27(22,23)16-5-3-2-4-6-16/h2-8,15H,9-14H2,1H3. The van der Waals surface area contributed by atoms with Crippen LogP contribution in [-0.2, 0) is 19.9 Å². The molecule has 1 fully saturated rings. The number of sulfone groups is 1. The van der Waals surface area contributed by atoms with Crippen molar-refractivity contribution in [2.75, 3.05) is 44.7 Å². The van der Waals surface area contributed by atoms with E-state index in [1.165, 1.54) is 28.3 Å². The van der Waals surface area contributed by atoms with E-state index >= 15 is 0 Å². The summed E-state index contributed by atoms with van der Waals surface area (Å²) < 4.78 is 51.4. The highest BCUT2D eigenvalue weighted by atomic mass is 32.2. The lowest BCUT2D eigenvalue weighted by Crippen LogP contribution is -2.47. The van der Waals surface area contributed by atoms with Crippen LogP contribution >= 0.6 is 11.8 Å². The molecule has 1 aromatic carbocycles. The highest BCUT2D eigenvalue weighted by molar-refractivity contribution is 8.00. The molecule has 0 spiro atoms. The van der Waals surface area contributed by atoms with Gasteiger partial charge in [-0.05, 0) is 31.3 Å². The second-order valence-electron chi connectivity index (χ2n) is 6.52. The van der Waals surface area contributed by atoms with E-state index in [9.17, 15) is 16.8 Å². The summed E-state index contributed by atoms with van der Waals surface area (Å²) in [6, 6.07) is 11.5. The molecule has 0 unspecified atom stereocenters. The van der Waals surface area contributed by atoms with Gasteiger partial charge in [0, 0.05) is 38.1 Å². The Hall–Kier alpha value is -1.46. The molecule has 0 bridgehead atoms. The van der Waals surface area contributed by atoms with Gasteiger partial charge in [-0.1, -0.05) is 18.2 Å². The number of nitrogens with zero attached hydrogens (tertiary/aromatic N) is 3. The molecular formula is C18H23N3O4S3. The van der Waals surface area contributed by atoms with Crippen LogP contribution < -0.4 is 0 Å². The third-order valence-electron chi connectivity index (χ3n) is 4.51. The molecule has 1 aliphatic heterocycles. The maximum atomic E-state index is 12.7. The van der Waals surface area contributed by atoms with Gasteiger partial charge in [0.15, 0.2) is 9.84 Å². The third-order valence-corrected chi connectivity index (χ3v) is 9.33. The number of pyridine rings is 1. The van der Waals surface area contributed by atoms with Gasteiger partial charge in [0.25, 0.3) is 0 Å². The van der Waals surface area contributed by atoms with Crippen LogP contribution in [0.5, 0.6) is 0 Å². The number of aromatic nitrogens is 1. The molecule has 1 saturated heterocycles. The minimum absolute atomic E-state index is 0.00922. The van der Waals surface area contributed by atoms with E-state index in [4.69, 9.17) is 0 Å². The fourth-order valence-electron chi connectivity index (χ4n) is 2.78. The summed E-state index contributed by atoms with van der Waals surface area (Å²) in [6.45, 7) is 2.34. The summed E-state index contributed by atoms with van der Waals surface area (Å²) in [5.41, 5.74) is 0. The van der Waals surface area contributed by atoms with E-state index in [0.29, 0.717) is 41.9 Å². The molecule has 0 aliphatic carbocycles. The van der Waals surface area contributed by atoms with Gasteiger partial charge < -0.3 is 4.90 Å². The Balaban J connectivity index is 1.59. The monoisotopic (exact) mass is 441 g/mol. The van der Waals surface area contributed by atoms with Crippen molar-refractivity contribution >= 4 is 31.6 Å². The summed E-state index contributed by atoms with van der Waals surface area (Å²) >= 11 is 1.29. The van der Waals surface area contributed by atoms with Crippen LogP contribution in [0.3, 0.4) is 0 Å². The molecule has 10 heteroatoms. The molecule has 2 aromatic rings. The normalized spacial score (nSPS) is 16.9. The van der Waals surface area contributed by atoms with Crippen molar-refractivity contribution in [2.45, 2.75) is 14.8 Å². The van der Waals surface area contributed by atoms with Gasteiger partial charge in [0.1, 0.15) is 4.90 Å². The maximum absolute atomic E-state index is 12.7. The Morgan fingerprint density at radius 2 is 1.61 bits per heavy atom. The van der Waals surface area contributed by atoms with Gasteiger partial charge >= 0.3 is 0 Å². The van der Waals surface area contributed by atoms with Gasteiger partial charge in [0.2, 0.25) is 10.0 Å². The van der Waals surface area contributed by atoms with E-state index in [0.717, 1.165) is 0 Å². The number of benzene rings is 1. The zero-order valence-electron chi connectivity index (χ0n) is 15.6. The van der Waals surface area contributed by atoms with E-state index in [2.05, 4.69) is 9.88 Å². The topological polar surface area (TPSA) is 87.7 Å². The Morgan fingerprint density at radius 3 is 2.21 bits per heavy atom. The number of hydrogen-bond donors (Lipinski definition) is 0. The molecule has 7 nitrogen and oxygen atoms in total. The number of piperazine rings is 1. The number of sulfonamides is 1. The van der Waals surface area contributed by atoms with Crippen LogP contribution in [0, 0.1) is 0 Å². The van der Waals surface area contributed by atoms with Gasteiger partial charge in [0.05, 0.1) is 15.7 Å². The number of thioether (sulfide) groups is 1. The second kappa shape index (κ2) is 8.91. The summed E-state index contributed by atoms with van der Waals surface area (Å²) in [5.74, 6) is 0.333. The highest BCUT2D eigenvalue weighted by Crippen LogP contribution is 2.21. The molecule has 0 amide bonds. The molecule has 1 aromatic heterocycles. The molecule has 0 saturated carbocycles. The lowest BCUT2D eigenvalue weighted by atomic mass is 10.4. The number of hydrogen-bond acceptors (Lipinski definition) is 7. The van der Waals surface area contributed by atoms with Crippen molar-refractivity contribution in [1.29, 1.82) is 0 Å². The molecule has 0 radical (unpaired) electrons. The van der Waals surface area contributed by atoms with Crippen molar-refractivity contribution < 1.29 is 16.8 Å². The van der Waals surface area contributed by atoms with Gasteiger partial charge in [-0.2, -0.15) is 4.31 Å². The average Bonchev–Trinajstić information content (AvgIpc) is 2.69. The van der Waals surface area contributed by atoms with Crippen molar-refractivity contribution in [3.8, 4) is 0 Å². The van der Waals surface area contributed by atoms with Crippen LogP contribution in [-0.4, -0.2) is 75.8 Å². The Labute approximate surface area is 170 Å². The molecule has 28 heavy (non-hydrogen) atoms. The highest BCUT2D eigenvalue weighted by Gasteiger charge is 2.27. The van der Waals surface area contributed by atoms with E-state index in [1.807, 2.05) is 7.05 Å². The molecule has 1 aliphatic rings. The predicted octanol–water partition coefficient (Wildman–Crippen LogP) is 1.58. The predicted molar refractivity (Wildman–Crippen MR) is 110 cm³/mol. The van der Waals surface area contributed by atoms with Gasteiger partial charge in [-0.3, -0.25) is 0 Å². The van der Waals surface area contributed by atoms with Crippen molar-refractivity contribution in [3.63, 3.8) is 0 Å². The summed E-state index contributed by atoms with van der Waals surface area (Å²) in [6.07, 6.45) is 1.35. The molecule has 152 valence electrons. The summed E-state index contributed by atoms with van der Waals surface area (Å²) in [5, 5.41) is 0.598. The van der Waals surface area contributed by atoms with Gasteiger partial charge in [-0.25, -0.2) is 21.8 Å². The fraction of sp³-hybridized carbons (Fsp3) is 0.389. The summed E-state index contributed by atoms with van der Waals surface area (Å²) in [4.78, 5) is 6.76. The number of likely N-dealkylation sites (N-methyl/N-ethyl adjacent to an activating group) is 1. The van der Waals surface area contributed by atoms with Crippen molar-refractivity contribution in [1.82, 2.24) is 14.2 Å². The van der Waals surface area contributed by atoms with Crippen molar-refractivity contribution in [3.05, 3.63) is 48.7 Å². The van der Waals surface area contributed by atoms with E-state index in [-0.39, 0.29) is 10.6 Å². The SMILES string of the molecule is CN1CCN(S(=O)(=O)c2ccc(SCCS(=O)(=O)c3ccccc3)nc2)CC1. The third kappa shape index (κ3) is 5.12. The first kappa shape index (κ1) is 21.3. The molecular weight excluding hydrogens is 418 g/mol. The quantitative estimate of drug-likeness (QED) is 0.603. The van der Waals surface area contributed by atoms with Crippen LogP contribution in [0.2, 0.25) is 0 Å². The first-order valence-corrected chi connectivity index (χ1v) is 12.9. The van der Waals surface area contributed by atoms with E-state index < -0.39 is 19.9 Å². The minimum Gasteiger partial charge on any atom is -0.304 e. The van der Waals surface area contributed by atoms with Crippen LogP contribution in [0.15, 0.2) is 63.5 Å². The molecule has 2 heterocycles. The van der Waals surface area contributed by atoms with Crippen LogP contribution in [0.1, 0.15) is 0 Å². The van der Waals surface area contributed by atoms with Crippen molar-refractivity contribution in [2.24, 2.45) is 0 Å². The van der Waals surface area contributed by atoms with Crippen LogP contribution in [0.25, 0.3) is 0 Å². The van der Waals surface area contributed by atoms with E-state index in [1.54, 1.807) is 36.4 Å².